The van der Waals surface area contributed by atoms with Gasteiger partial charge < -0.3 is 14.6 Å². The Morgan fingerprint density at radius 2 is 2.43 bits per heavy atom. The first-order chi connectivity index (χ1) is 6.54. The Balaban J connectivity index is 3.00. The normalized spacial score (nSPS) is 9.79. The zero-order valence-corrected chi connectivity index (χ0v) is 7.17. The summed E-state index contributed by atoms with van der Waals surface area (Å²) in [6.45, 7) is -0.551. The maximum absolute atomic E-state index is 10.4. The highest BCUT2D eigenvalue weighted by Gasteiger charge is 2.19. The summed E-state index contributed by atoms with van der Waals surface area (Å²) in [5.74, 6) is -1.61. The smallest absolute Gasteiger partial charge is 0.350 e. The Morgan fingerprint density at radius 1 is 1.79 bits per heavy atom. The van der Waals surface area contributed by atoms with Gasteiger partial charge in [0.15, 0.2) is 0 Å². The van der Waals surface area contributed by atoms with Crippen molar-refractivity contribution in [3.63, 3.8) is 0 Å². The molecule has 0 atom stereocenters. The predicted molar refractivity (Wildman–Crippen MR) is 40.4 cm³/mol. The second-order valence-electron chi connectivity index (χ2n) is 2.35. The minimum Gasteiger partial charge on any atom is -0.548 e. The second-order valence-corrected chi connectivity index (χ2v) is 2.35. The van der Waals surface area contributed by atoms with E-state index >= 15 is 0 Å². The average molecular weight is 200 g/mol. The molecule has 0 aromatic carbocycles. The number of aliphatic carboxylic acids is 1. The number of hydrogen-bond acceptors (Lipinski definition) is 6. The van der Waals surface area contributed by atoms with Crippen LogP contribution in [-0.4, -0.2) is 27.8 Å². The van der Waals surface area contributed by atoms with E-state index in [9.17, 15) is 20.0 Å². The fourth-order valence-electron chi connectivity index (χ4n) is 0.877. The molecule has 0 bridgehead atoms. The quantitative estimate of drug-likeness (QED) is 0.434. The molecule has 0 aliphatic carbocycles. The maximum atomic E-state index is 10.4. The number of carbonyl (C=O) groups excluding carboxylic acids is 1. The average Bonchev–Trinajstić information content (AvgIpc) is 2.46. The lowest BCUT2D eigenvalue weighted by Crippen LogP contribution is -2.27. The lowest BCUT2D eigenvalue weighted by Gasteiger charge is -1.99. The molecule has 0 fully saturated rings. The van der Waals surface area contributed by atoms with Crippen LogP contribution in [0.4, 0.5) is 5.69 Å². The van der Waals surface area contributed by atoms with Crippen LogP contribution in [0.3, 0.4) is 0 Å². The molecule has 1 aromatic rings. The van der Waals surface area contributed by atoms with E-state index in [0.29, 0.717) is 0 Å². The van der Waals surface area contributed by atoms with Gasteiger partial charge in [-0.05, 0) is 0 Å². The molecule has 0 unspecified atom stereocenters. The van der Waals surface area contributed by atoms with E-state index < -0.39 is 17.4 Å². The molecule has 1 rings (SSSR count). The van der Waals surface area contributed by atoms with Crippen molar-refractivity contribution in [3.05, 3.63) is 16.3 Å². The van der Waals surface area contributed by atoms with Crippen LogP contribution in [0.15, 0.2) is 6.20 Å². The van der Waals surface area contributed by atoms with Crippen molar-refractivity contribution in [2.75, 3.05) is 7.11 Å². The summed E-state index contributed by atoms with van der Waals surface area (Å²) in [6.07, 6.45) is 0.967. The van der Waals surface area contributed by atoms with Gasteiger partial charge in [-0.3, -0.25) is 14.8 Å². The van der Waals surface area contributed by atoms with Crippen molar-refractivity contribution in [2.24, 2.45) is 0 Å². The highest BCUT2D eigenvalue weighted by Crippen LogP contribution is 2.23. The second kappa shape index (κ2) is 3.73. The molecule has 8 nitrogen and oxygen atoms in total. The molecule has 8 heteroatoms. The molecular formula is C6H6N3O5-. The first kappa shape index (κ1) is 9.96. The fraction of sp³-hybridized carbons (Fsp3) is 0.333. The molecule has 14 heavy (non-hydrogen) atoms. The topological polar surface area (TPSA) is 110 Å². The number of hydrogen-bond donors (Lipinski definition) is 0. The van der Waals surface area contributed by atoms with Gasteiger partial charge in [0, 0.05) is 0 Å². The Labute approximate surface area is 77.9 Å². The minimum atomic E-state index is -1.38. The molecule has 76 valence electrons. The molecule has 0 saturated heterocycles. The van der Waals surface area contributed by atoms with Gasteiger partial charge in [0.05, 0.1) is 24.5 Å². The van der Waals surface area contributed by atoms with Crippen molar-refractivity contribution in [1.29, 1.82) is 0 Å². The lowest BCUT2D eigenvalue weighted by molar-refractivity contribution is -0.385. The van der Waals surface area contributed by atoms with Crippen LogP contribution >= 0.6 is 0 Å². The third kappa shape index (κ3) is 1.97. The molecule has 0 amide bonds. The van der Waals surface area contributed by atoms with Crippen LogP contribution in [-0.2, 0) is 11.3 Å². The number of methoxy groups -OCH3 is 1. The molecule has 0 radical (unpaired) electrons. The van der Waals surface area contributed by atoms with Gasteiger partial charge in [-0.1, -0.05) is 0 Å². The van der Waals surface area contributed by atoms with Crippen LogP contribution in [0.1, 0.15) is 0 Å². The van der Waals surface area contributed by atoms with Crippen molar-refractivity contribution in [3.8, 4) is 5.88 Å². The highest BCUT2D eigenvalue weighted by atomic mass is 16.6. The van der Waals surface area contributed by atoms with Crippen LogP contribution in [0.25, 0.3) is 0 Å². The lowest BCUT2D eigenvalue weighted by atomic mass is 10.5. The zero-order valence-electron chi connectivity index (χ0n) is 7.17. The molecule has 0 aliphatic rings. The van der Waals surface area contributed by atoms with Gasteiger partial charge in [0.25, 0.3) is 0 Å². The van der Waals surface area contributed by atoms with E-state index in [1.807, 2.05) is 0 Å². The van der Waals surface area contributed by atoms with E-state index in [0.717, 1.165) is 10.9 Å². The molecule has 0 N–H and O–H groups in total. The minimum absolute atomic E-state index is 0.226. The van der Waals surface area contributed by atoms with E-state index in [1.165, 1.54) is 7.11 Å². The molecule has 1 aromatic heterocycles. The Hall–Kier alpha value is -2.12. The number of ether oxygens (including phenoxy) is 1. The predicted octanol–water partition coefficient (Wildman–Crippen LogP) is -1.45. The SMILES string of the molecule is COc1nn(CC(=O)[O-])cc1[N+](=O)[O-]. The molecule has 0 spiro atoms. The van der Waals surface area contributed by atoms with Crippen molar-refractivity contribution >= 4 is 11.7 Å². The van der Waals surface area contributed by atoms with Gasteiger partial charge in [-0.15, -0.1) is 5.10 Å². The standard InChI is InChI=1S/C6H7N3O5/c1-14-6-4(9(12)13)2-8(7-6)3-5(10)11/h2H,3H2,1H3,(H,10,11)/p-1. The summed E-state index contributed by atoms with van der Waals surface area (Å²) in [6, 6.07) is 0. The van der Waals surface area contributed by atoms with Crippen LogP contribution < -0.4 is 9.84 Å². The van der Waals surface area contributed by atoms with Crippen molar-refractivity contribution < 1.29 is 19.6 Å². The van der Waals surface area contributed by atoms with Gasteiger partial charge >= 0.3 is 11.6 Å². The van der Waals surface area contributed by atoms with E-state index in [2.05, 4.69) is 9.84 Å². The largest absolute Gasteiger partial charge is 0.548 e. The summed E-state index contributed by atoms with van der Waals surface area (Å²) in [7, 11) is 1.21. The van der Waals surface area contributed by atoms with E-state index in [1.54, 1.807) is 0 Å². The number of nitrogens with zero attached hydrogens (tertiary/aromatic N) is 3. The van der Waals surface area contributed by atoms with E-state index in [-0.39, 0.29) is 11.6 Å². The van der Waals surface area contributed by atoms with Crippen LogP contribution in [0.2, 0.25) is 0 Å². The maximum Gasteiger partial charge on any atom is 0.350 e. The third-order valence-corrected chi connectivity index (χ3v) is 1.39. The molecule has 0 saturated carbocycles. The monoisotopic (exact) mass is 200 g/mol. The number of aromatic nitrogens is 2. The fourth-order valence-corrected chi connectivity index (χ4v) is 0.877. The number of carboxylic acids is 1. The van der Waals surface area contributed by atoms with Gasteiger partial charge in [0.1, 0.15) is 6.20 Å². The summed E-state index contributed by atoms with van der Waals surface area (Å²) in [4.78, 5) is 19.8. The molecule has 0 aliphatic heterocycles. The first-order valence-electron chi connectivity index (χ1n) is 3.50. The molecular weight excluding hydrogens is 194 g/mol. The van der Waals surface area contributed by atoms with Crippen LogP contribution in [0, 0.1) is 10.1 Å². The summed E-state index contributed by atoms with van der Waals surface area (Å²) >= 11 is 0. The zero-order chi connectivity index (χ0) is 10.7. The van der Waals surface area contributed by atoms with E-state index in [4.69, 9.17) is 0 Å². The number of nitro groups is 1. The van der Waals surface area contributed by atoms with Crippen LogP contribution in [0.5, 0.6) is 5.88 Å². The Bertz CT molecular complexity index is 372. The number of rotatable bonds is 4. The summed E-state index contributed by atoms with van der Waals surface area (Å²) < 4.78 is 5.45. The third-order valence-electron chi connectivity index (χ3n) is 1.39. The molecule has 1 heterocycles. The Kier molecular flexibility index (Phi) is 2.65. The van der Waals surface area contributed by atoms with Gasteiger partial charge in [0.2, 0.25) is 0 Å². The van der Waals surface area contributed by atoms with Crippen molar-refractivity contribution in [1.82, 2.24) is 9.78 Å². The summed E-state index contributed by atoms with van der Waals surface area (Å²) in [5.41, 5.74) is -0.381. The van der Waals surface area contributed by atoms with Crippen molar-refractivity contribution in [2.45, 2.75) is 6.54 Å². The first-order valence-corrected chi connectivity index (χ1v) is 3.50. The number of carbonyl (C=O) groups is 1. The Morgan fingerprint density at radius 3 is 2.79 bits per heavy atom. The van der Waals surface area contributed by atoms with Gasteiger partial charge in [-0.2, -0.15) is 0 Å². The van der Waals surface area contributed by atoms with Gasteiger partial charge in [-0.25, -0.2) is 0 Å². The highest BCUT2D eigenvalue weighted by molar-refractivity contribution is 5.64. The summed E-state index contributed by atoms with van der Waals surface area (Å²) in [5, 5.41) is 24.1. The number of carboxylic acid groups (broad SMARTS) is 1.